The lowest BCUT2D eigenvalue weighted by atomic mass is 9.96. The largest absolute Gasteiger partial charge is 0.483 e. The number of carbonyl (C=O) groups excluding carboxylic acids is 2. The highest BCUT2D eigenvalue weighted by molar-refractivity contribution is 5.97. The van der Waals surface area contributed by atoms with E-state index in [0.29, 0.717) is 18.6 Å². The second-order valence-corrected chi connectivity index (χ2v) is 6.88. The molecule has 3 N–H and O–H groups in total. The molecular formula is C20H20N4O4. The number of nitrogens with zero attached hydrogens (tertiary/aromatic N) is 2. The fourth-order valence-corrected chi connectivity index (χ4v) is 3.53. The standard InChI is InChI=1S/C20H20N4O4/c21-19(26)20(7-1-2-8-20)24-18(25)15-11-28-17(23-15)12-27-16-5-3-4-13-10-22-9-6-14(13)16/h3-6,9-11H,1-2,7-8,12H2,(H2,21,26)(H,24,25). The van der Waals surface area contributed by atoms with Crippen LogP contribution in [0, 0.1) is 0 Å². The van der Waals surface area contributed by atoms with Crippen LogP contribution in [0.2, 0.25) is 0 Å². The van der Waals surface area contributed by atoms with Gasteiger partial charge in [0.15, 0.2) is 12.3 Å². The molecule has 0 radical (unpaired) electrons. The van der Waals surface area contributed by atoms with Gasteiger partial charge in [-0.25, -0.2) is 4.98 Å². The quantitative estimate of drug-likeness (QED) is 0.677. The molecule has 0 aliphatic heterocycles. The van der Waals surface area contributed by atoms with E-state index in [4.69, 9.17) is 14.9 Å². The van der Waals surface area contributed by atoms with Crippen LogP contribution in [0.25, 0.3) is 10.8 Å². The molecule has 0 saturated heterocycles. The number of benzene rings is 1. The summed E-state index contributed by atoms with van der Waals surface area (Å²) in [6.07, 6.45) is 7.48. The van der Waals surface area contributed by atoms with Crippen molar-refractivity contribution in [1.82, 2.24) is 15.3 Å². The summed E-state index contributed by atoms with van der Waals surface area (Å²) >= 11 is 0. The number of rotatable bonds is 6. The Kier molecular flexibility index (Phi) is 4.68. The van der Waals surface area contributed by atoms with Crippen molar-refractivity contribution in [1.29, 1.82) is 0 Å². The van der Waals surface area contributed by atoms with Crippen LogP contribution in [0.4, 0.5) is 0 Å². The molecule has 0 bridgehead atoms. The van der Waals surface area contributed by atoms with Gasteiger partial charge < -0.3 is 20.2 Å². The summed E-state index contributed by atoms with van der Waals surface area (Å²) in [6, 6.07) is 7.53. The summed E-state index contributed by atoms with van der Waals surface area (Å²) in [6.45, 7) is 0.0652. The highest BCUT2D eigenvalue weighted by atomic mass is 16.5. The molecular weight excluding hydrogens is 360 g/mol. The van der Waals surface area contributed by atoms with Gasteiger partial charge in [0.1, 0.15) is 17.6 Å². The van der Waals surface area contributed by atoms with E-state index in [0.717, 1.165) is 23.6 Å². The number of hydrogen-bond acceptors (Lipinski definition) is 6. The van der Waals surface area contributed by atoms with Gasteiger partial charge in [-0.1, -0.05) is 25.0 Å². The monoisotopic (exact) mass is 380 g/mol. The predicted molar refractivity (Wildman–Crippen MR) is 100 cm³/mol. The first-order chi connectivity index (χ1) is 13.6. The Bertz CT molecular complexity index is 1020. The molecule has 4 rings (SSSR count). The second-order valence-electron chi connectivity index (χ2n) is 6.88. The number of nitrogens with two attached hydrogens (primary N) is 1. The first kappa shape index (κ1) is 18.0. The number of aromatic nitrogens is 2. The minimum absolute atomic E-state index is 0.0652. The van der Waals surface area contributed by atoms with E-state index < -0.39 is 17.4 Å². The van der Waals surface area contributed by atoms with Crippen LogP contribution in [-0.4, -0.2) is 27.3 Å². The summed E-state index contributed by atoms with van der Waals surface area (Å²) in [5, 5.41) is 4.62. The molecule has 8 heteroatoms. The Hall–Kier alpha value is -3.42. The van der Waals surface area contributed by atoms with Crippen LogP contribution in [-0.2, 0) is 11.4 Å². The topological polar surface area (TPSA) is 120 Å². The van der Waals surface area contributed by atoms with Crippen molar-refractivity contribution < 1.29 is 18.7 Å². The third-order valence-corrected chi connectivity index (χ3v) is 5.06. The first-order valence-corrected chi connectivity index (χ1v) is 9.10. The van der Waals surface area contributed by atoms with E-state index in [2.05, 4.69) is 15.3 Å². The molecule has 0 atom stereocenters. The average molecular weight is 380 g/mol. The fourth-order valence-electron chi connectivity index (χ4n) is 3.53. The lowest BCUT2D eigenvalue weighted by molar-refractivity contribution is -0.123. The molecule has 8 nitrogen and oxygen atoms in total. The lowest BCUT2D eigenvalue weighted by Gasteiger charge is -2.25. The van der Waals surface area contributed by atoms with Crippen molar-refractivity contribution in [2.75, 3.05) is 0 Å². The minimum atomic E-state index is -0.996. The first-order valence-electron chi connectivity index (χ1n) is 9.10. The molecule has 3 aromatic rings. The molecule has 1 aromatic carbocycles. The van der Waals surface area contributed by atoms with E-state index in [1.165, 1.54) is 6.26 Å². The number of oxazole rings is 1. The molecule has 0 unspecified atom stereocenters. The highest BCUT2D eigenvalue weighted by Crippen LogP contribution is 2.30. The summed E-state index contributed by atoms with van der Waals surface area (Å²) in [7, 11) is 0. The summed E-state index contributed by atoms with van der Waals surface area (Å²) in [4.78, 5) is 32.5. The van der Waals surface area contributed by atoms with E-state index >= 15 is 0 Å². The van der Waals surface area contributed by atoms with E-state index in [-0.39, 0.29) is 18.2 Å². The van der Waals surface area contributed by atoms with E-state index in [9.17, 15) is 9.59 Å². The maximum atomic E-state index is 12.5. The van der Waals surface area contributed by atoms with E-state index in [1.54, 1.807) is 12.4 Å². The third kappa shape index (κ3) is 3.40. The fraction of sp³-hybridized carbons (Fsp3) is 0.300. The van der Waals surface area contributed by atoms with Crippen molar-refractivity contribution in [2.45, 2.75) is 37.8 Å². The molecule has 1 fully saturated rings. The molecule has 2 heterocycles. The summed E-state index contributed by atoms with van der Waals surface area (Å²) in [5.41, 5.74) is 4.59. The summed E-state index contributed by atoms with van der Waals surface area (Å²) in [5.74, 6) is -0.0683. The van der Waals surface area contributed by atoms with Crippen molar-refractivity contribution in [3.05, 3.63) is 54.5 Å². The smallest absolute Gasteiger partial charge is 0.274 e. The lowest BCUT2D eigenvalue weighted by Crippen LogP contribution is -2.55. The van der Waals surface area contributed by atoms with Gasteiger partial charge in [0.2, 0.25) is 11.8 Å². The van der Waals surface area contributed by atoms with Gasteiger partial charge in [-0.05, 0) is 25.0 Å². The molecule has 1 saturated carbocycles. The number of primary amides is 1. The second kappa shape index (κ2) is 7.30. The SMILES string of the molecule is NC(=O)C1(NC(=O)c2coc(COc3cccc4cnccc34)n2)CCCC1. The molecule has 1 aliphatic rings. The van der Waals surface area contributed by atoms with E-state index in [1.807, 2.05) is 24.3 Å². The third-order valence-electron chi connectivity index (χ3n) is 5.06. The Morgan fingerprint density at radius 2 is 2.07 bits per heavy atom. The summed E-state index contributed by atoms with van der Waals surface area (Å²) < 4.78 is 11.2. The number of amides is 2. The number of ether oxygens (including phenoxy) is 1. The molecule has 1 aliphatic carbocycles. The van der Waals surface area contributed by atoms with Crippen LogP contribution in [0.3, 0.4) is 0 Å². The van der Waals surface area contributed by atoms with Gasteiger partial charge in [0.05, 0.1) is 0 Å². The number of carbonyl (C=O) groups is 2. The van der Waals surface area contributed by atoms with Crippen molar-refractivity contribution in [3.8, 4) is 5.75 Å². The van der Waals surface area contributed by atoms with Crippen LogP contribution >= 0.6 is 0 Å². The number of nitrogens with one attached hydrogen (secondary N) is 1. The van der Waals surface area contributed by atoms with Gasteiger partial charge in [-0.15, -0.1) is 0 Å². The zero-order valence-corrected chi connectivity index (χ0v) is 15.2. The Balaban J connectivity index is 1.44. The van der Waals surface area contributed by atoms with Gasteiger partial charge in [-0.3, -0.25) is 14.6 Å². The van der Waals surface area contributed by atoms with Crippen molar-refractivity contribution >= 4 is 22.6 Å². The van der Waals surface area contributed by atoms with Gasteiger partial charge >= 0.3 is 0 Å². The average Bonchev–Trinajstić information content (AvgIpc) is 3.36. The molecule has 2 amide bonds. The number of pyridine rings is 1. The van der Waals surface area contributed by atoms with Crippen LogP contribution in [0.15, 0.2) is 47.3 Å². The maximum absolute atomic E-state index is 12.5. The zero-order chi connectivity index (χ0) is 19.6. The molecule has 2 aromatic heterocycles. The zero-order valence-electron chi connectivity index (χ0n) is 15.2. The van der Waals surface area contributed by atoms with Crippen LogP contribution in [0.5, 0.6) is 5.75 Å². The van der Waals surface area contributed by atoms with Gasteiger partial charge in [0.25, 0.3) is 5.91 Å². The van der Waals surface area contributed by atoms with Gasteiger partial charge in [0, 0.05) is 23.2 Å². The normalized spacial score (nSPS) is 15.4. The van der Waals surface area contributed by atoms with Crippen molar-refractivity contribution in [3.63, 3.8) is 0 Å². The Labute approximate surface area is 161 Å². The molecule has 28 heavy (non-hydrogen) atoms. The molecule has 144 valence electrons. The molecule has 0 spiro atoms. The van der Waals surface area contributed by atoms with Gasteiger partial charge in [-0.2, -0.15) is 0 Å². The number of fused-ring (bicyclic) bond motifs is 1. The Morgan fingerprint density at radius 1 is 1.25 bits per heavy atom. The maximum Gasteiger partial charge on any atom is 0.274 e. The Morgan fingerprint density at radius 3 is 2.86 bits per heavy atom. The highest BCUT2D eigenvalue weighted by Gasteiger charge is 2.41. The van der Waals surface area contributed by atoms with Crippen molar-refractivity contribution in [2.24, 2.45) is 5.73 Å². The van der Waals surface area contributed by atoms with Crippen LogP contribution < -0.4 is 15.8 Å². The minimum Gasteiger partial charge on any atom is -0.483 e. The number of hydrogen-bond donors (Lipinski definition) is 2. The predicted octanol–water partition coefficient (Wildman–Crippen LogP) is 2.33. The van der Waals surface area contributed by atoms with Crippen LogP contribution in [0.1, 0.15) is 42.1 Å².